The zero-order valence-electron chi connectivity index (χ0n) is 24.1. The summed E-state index contributed by atoms with van der Waals surface area (Å²) in [5.74, 6) is -0.291. The monoisotopic (exact) mass is 588 g/mol. The van der Waals surface area contributed by atoms with Crippen LogP contribution in [0.3, 0.4) is 0 Å². The van der Waals surface area contributed by atoms with Crippen LogP contribution in [0.2, 0.25) is 5.02 Å². The van der Waals surface area contributed by atoms with Crippen molar-refractivity contribution in [2.45, 2.75) is 50.7 Å². The number of hydrogen-bond acceptors (Lipinski definition) is 8. The van der Waals surface area contributed by atoms with Gasteiger partial charge in [0.2, 0.25) is 0 Å². The lowest BCUT2D eigenvalue weighted by Gasteiger charge is -2.29. The first-order valence-corrected chi connectivity index (χ1v) is 14.3. The van der Waals surface area contributed by atoms with E-state index in [2.05, 4.69) is 30.9 Å². The molecule has 0 bridgehead atoms. The lowest BCUT2D eigenvalue weighted by Crippen LogP contribution is -2.55. The van der Waals surface area contributed by atoms with Gasteiger partial charge in [-0.05, 0) is 87.2 Å². The molecule has 0 saturated heterocycles. The highest BCUT2D eigenvalue weighted by Gasteiger charge is 2.32. The second-order valence-corrected chi connectivity index (χ2v) is 11.2. The molecule has 0 aliphatic rings. The molecule has 3 atom stereocenters. The quantitative estimate of drug-likeness (QED) is 0.157. The van der Waals surface area contributed by atoms with Crippen LogP contribution >= 0.6 is 11.6 Å². The first kappa shape index (κ1) is 31.2. The lowest BCUT2D eigenvalue weighted by molar-refractivity contribution is -0.124. The molecule has 0 spiro atoms. The van der Waals surface area contributed by atoms with Crippen LogP contribution in [0.15, 0.2) is 73.4 Å². The van der Waals surface area contributed by atoms with Crippen LogP contribution in [0.1, 0.15) is 30.5 Å². The van der Waals surface area contributed by atoms with Crippen LogP contribution in [0, 0.1) is 0 Å². The van der Waals surface area contributed by atoms with Crippen molar-refractivity contribution >= 4 is 39.9 Å². The standard InChI is InChI=1S/C32H37ClN6O3/c1-21(40)32(2,16-24-18-37-27-15-25(33)6-7-26(24)27)39-20-31(42)29(13-22-8-11-35-12-9-22)38-19-30(41)28(34-3)14-23-5-4-10-36-17-23/h4-12,15,17-18,28-29,34,37-39H,13-14,16,19-20H2,1-3H3/t28-,29-,32?/m0/s1. The van der Waals surface area contributed by atoms with E-state index in [1.165, 1.54) is 6.92 Å². The van der Waals surface area contributed by atoms with E-state index < -0.39 is 17.6 Å². The maximum Gasteiger partial charge on any atom is 0.163 e. The molecule has 3 aromatic heterocycles. The summed E-state index contributed by atoms with van der Waals surface area (Å²) in [6.45, 7) is 3.29. The van der Waals surface area contributed by atoms with Crippen molar-refractivity contribution in [2.24, 2.45) is 0 Å². The molecule has 1 aromatic carbocycles. The Labute approximate surface area is 250 Å². The summed E-state index contributed by atoms with van der Waals surface area (Å²) < 4.78 is 0. The molecule has 4 aromatic rings. The third-order valence-corrected chi connectivity index (χ3v) is 7.94. The normalized spacial score (nSPS) is 14.3. The highest BCUT2D eigenvalue weighted by atomic mass is 35.5. The van der Waals surface area contributed by atoms with Crippen molar-refractivity contribution in [3.05, 3.63) is 95.2 Å². The van der Waals surface area contributed by atoms with Gasteiger partial charge >= 0.3 is 0 Å². The molecule has 0 radical (unpaired) electrons. The molecule has 0 amide bonds. The van der Waals surface area contributed by atoms with Gasteiger partial charge in [-0.3, -0.25) is 29.7 Å². The van der Waals surface area contributed by atoms with Crippen LogP contribution in [0.4, 0.5) is 0 Å². The number of hydrogen-bond donors (Lipinski definition) is 4. The molecule has 0 saturated carbocycles. The van der Waals surface area contributed by atoms with Gasteiger partial charge in [0.05, 0.1) is 30.7 Å². The van der Waals surface area contributed by atoms with Gasteiger partial charge in [0, 0.05) is 46.9 Å². The summed E-state index contributed by atoms with van der Waals surface area (Å²) in [5, 5.41) is 11.1. The Kier molecular flexibility index (Phi) is 10.7. The number of likely N-dealkylation sites (N-methyl/N-ethyl adjacent to an activating group) is 1. The maximum absolute atomic E-state index is 13.6. The van der Waals surface area contributed by atoms with Crippen molar-refractivity contribution in [3.63, 3.8) is 0 Å². The average Bonchev–Trinajstić information content (AvgIpc) is 3.38. The molecule has 220 valence electrons. The van der Waals surface area contributed by atoms with E-state index in [1.807, 2.05) is 55.6 Å². The number of halogens is 1. The number of Topliss-reactive ketones (excluding diaryl/α,β-unsaturated/α-hetero) is 3. The van der Waals surface area contributed by atoms with Gasteiger partial charge in [-0.25, -0.2) is 0 Å². The van der Waals surface area contributed by atoms with Crippen molar-refractivity contribution in [1.82, 2.24) is 30.9 Å². The van der Waals surface area contributed by atoms with Crippen molar-refractivity contribution in [1.29, 1.82) is 0 Å². The zero-order chi connectivity index (χ0) is 30.1. The topological polar surface area (TPSA) is 129 Å². The smallest absolute Gasteiger partial charge is 0.163 e. The molecular formula is C32H37ClN6O3. The van der Waals surface area contributed by atoms with E-state index in [1.54, 1.807) is 31.8 Å². The number of ketones is 3. The molecule has 1 unspecified atom stereocenters. The number of nitrogens with zero attached hydrogens (tertiary/aromatic N) is 2. The highest BCUT2D eigenvalue weighted by Crippen LogP contribution is 2.25. The highest BCUT2D eigenvalue weighted by molar-refractivity contribution is 6.31. The molecule has 42 heavy (non-hydrogen) atoms. The minimum atomic E-state index is -0.984. The molecule has 9 nitrogen and oxygen atoms in total. The first-order chi connectivity index (χ1) is 20.2. The number of carbonyl (C=O) groups excluding carboxylic acids is 3. The van der Waals surface area contributed by atoms with E-state index in [-0.39, 0.29) is 30.4 Å². The van der Waals surface area contributed by atoms with E-state index in [9.17, 15) is 14.4 Å². The Hall–Kier alpha value is -3.76. The number of rotatable bonds is 16. The third-order valence-electron chi connectivity index (χ3n) is 7.70. The van der Waals surface area contributed by atoms with Crippen molar-refractivity contribution in [2.75, 3.05) is 20.1 Å². The average molecular weight is 589 g/mol. The molecule has 10 heteroatoms. The Morgan fingerprint density at radius 1 is 0.952 bits per heavy atom. The van der Waals surface area contributed by atoms with Gasteiger partial charge in [0.15, 0.2) is 11.6 Å². The van der Waals surface area contributed by atoms with Gasteiger partial charge in [-0.15, -0.1) is 0 Å². The summed E-state index contributed by atoms with van der Waals surface area (Å²) in [6.07, 6.45) is 9.90. The number of nitrogens with one attached hydrogen (secondary N) is 4. The predicted octanol–water partition coefficient (Wildman–Crippen LogP) is 3.26. The number of fused-ring (bicyclic) bond motifs is 1. The van der Waals surface area contributed by atoms with Gasteiger partial charge < -0.3 is 15.6 Å². The third kappa shape index (κ3) is 8.17. The van der Waals surface area contributed by atoms with Gasteiger partial charge in [0.1, 0.15) is 5.78 Å². The molecule has 4 N–H and O–H groups in total. The lowest BCUT2D eigenvalue weighted by atomic mass is 9.88. The van der Waals surface area contributed by atoms with E-state index in [4.69, 9.17) is 11.6 Å². The summed E-state index contributed by atoms with van der Waals surface area (Å²) in [5.41, 5.74) is 2.70. The van der Waals surface area contributed by atoms with Crippen molar-refractivity contribution < 1.29 is 14.4 Å². The first-order valence-electron chi connectivity index (χ1n) is 13.9. The molecule has 0 fully saturated rings. The van der Waals surface area contributed by atoms with Crippen LogP contribution < -0.4 is 16.0 Å². The second kappa shape index (κ2) is 14.4. The molecular weight excluding hydrogens is 552 g/mol. The van der Waals surface area contributed by atoms with Gasteiger partial charge in [0.25, 0.3) is 0 Å². The number of aromatic amines is 1. The van der Waals surface area contributed by atoms with Crippen LogP contribution in [-0.4, -0.2) is 70.1 Å². The van der Waals surface area contributed by atoms with E-state index >= 15 is 0 Å². The fraction of sp³-hybridized carbons (Fsp3) is 0.344. The number of aromatic nitrogens is 3. The largest absolute Gasteiger partial charge is 0.361 e. The number of benzene rings is 1. The Morgan fingerprint density at radius 3 is 2.38 bits per heavy atom. The molecule has 4 rings (SSSR count). The Balaban J connectivity index is 1.45. The van der Waals surface area contributed by atoms with Gasteiger partial charge in [-0.1, -0.05) is 23.7 Å². The number of H-pyrrole nitrogens is 1. The van der Waals surface area contributed by atoms with Crippen LogP contribution in [-0.2, 0) is 33.6 Å². The van der Waals surface area contributed by atoms with Crippen molar-refractivity contribution in [3.8, 4) is 0 Å². The number of pyridine rings is 2. The fourth-order valence-corrected chi connectivity index (χ4v) is 5.11. The fourth-order valence-electron chi connectivity index (χ4n) is 4.94. The molecule has 0 aliphatic heterocycles. The SMILES string of the molecule is CN[C@@H](Cc1cccnc1)C(=O)CN[C@@H](Cc1ccncc1)C(=O)CNC(C)(Cc1c[nH]c2cc(Cl)ccc12)C(C)=O. The molecule has 0 aliphatic carbocycles. The van der Waals surface area contributed by atoms with E-state index in [0.29, 0.717) is 24.3 Å². The Morgan fingerprint density at radius 2 is 1.69 bits per heavy atom. The zero-order valence-corrected chi connectivity index (χ0v) is 24.9. The van der Waals surface area contributed by atoms with Crippen LogP contribution in [0.25, 0.3) is 10.9 Å². The van der Waals surface area contributed by atoms with Gasteiger partial charge in [-0.2, -0.15) is 0 Å². The number of carbonyl (C=O) groups is 3. The van der Waals surface area contributed by atoms with E-state index in [0.717, 1.165) is 27.6 Å². The Bertz CT molecular complexity index is 1510. The summed E-state index contributed by atoms with van der Waals surface area (Å²) in [6, 6.07) is 12.0. The minimum absolute atomic E-state index is 0.00906. The predicted molar refractivity (Wildman–Crippen MR) is 165 cm³/mol. The minimum Gasteiger partial charge on any atom is -0.361 e. The molecule has 3 heterocycles. The summed E-state index contributed by atoms with van der Waals surface area (Å²) in [7, 11) is 1.74. The van der Waals surface area contributed by atoms with Crippen LogP contribution in [0.5, 0.6) is 0 Å². The summed E-state index contributed by atoms with van der Waals surface area (Å²) >= 11 is 6.13. The maximum atomic E-state index is 13.6. The summed E-state index contributed by atoms with van der Waals surface area (Å²) in [4.78, 5) is 51.0. The second-order valence-electron chi connectivity index (χ2n) is 10.8.